The van der Waals surface area contributed by atoms with Gasteiger partial charge in [-0.05, 0) is 87.0 Å². The van der Waals surface area contributed by atoms with Crippen molar-refractivity contribution in [2.24, 2.45) is 0 Å². The number of carboxylic acid groups (broad SMARTS) is 1. The monoisotopic (exact) mass is 508 g/mol. The Hall–Kier alpha value is -2.22. The maximum atomic E-state index is 12.7. The maximum absolute atomic E-state index is 12.7. The van der Waals surface area contributed by atoms with Crippen molar-refractivity contribution in [3.8, 4) is 0 Å². The van der Waals surface area contributed by atoms with E-state index in [9.17, 15) is 19.5 Å². The number of carboxylic acids is 1. The van der Waals surface area contributed by atoms with E-state index >= 15 is 0 Å². The molecule has 0 aromatic heterocycles. The molecule has 35 heavy (non-hydrogen) atoms. The van der Waals surface area contributed by atoms with Crippen LogP contribution in [0, 0.1) is 0 Å². The first-order chi connectivity index (χ1) is 16.2. The lowest BCUT2D eigenvalue weighted by atomic mass is 10.1. The zero-order valence-corrected chi connectivity index (χ0v) is 23.3. The molecule has 1 fully saturated rings. The van der Waals surface area contributed by atoms with Crippen molar-refractivity contribution >= 4 is 29.7 Å². The number of ether oxygens (including phenoxy) is 1. The summed E-state index contributed by atoms with van der Waals surface area (Å²) in [6.45, 7) is 13.7. The van der Waals surface area contributed by atoms with Crippen LogP contribution in [0.5, 0.6) is 0 Å². The Morgan fingerprint density at radius 3 is 2.09 bits per heavy atom. The van der Waals surface area contributed by atoms with E-state index in [2.05, 4.69) is 56.6 Å². The minimum Gasteiger partial charge on any atom is -0.480 e. The second-order valence-electron chi connectivity index (χ2n) is 10.6. The van der Waals surface area contributed by atoms with Gasteiger partial charge in [-0.1, -0.05) is 34.9 Å². The van der Waals surface area contributed by atoms with Crippen molar-refractivity contribution in [3.63, 3.8) is 0 Å². The molecule has 3 N–H and O–H groups in total. The number of amides is 2. The predicted molar refractivity (Wildman–Crippen MR) is 144 cm³/mol. The van der Waals surface area contributed by atoms with E-state index in [1.807, 2.05) is 0 Å². The number of thioether (sulfide) groups is 1. The molecule has 1 saturated carbocycles. The lowest BCUT2D eigenvalue weighted by molar-refractivity contribution is -0.141. The summed E-state index contributed by atoms with van der Waals surface area (Å²) in [7, 11) is 0. The van der Waals surface area contributed by atoms with Gasteiger partial charge in [0.2, 0.25) is 5.91 Å². The molecule has 1 rings (SSSR count). The van der Waals surface area contributed by atoms with Gasteiger partial charge in [-0.25, -0.2) is 9.59 Å². The Morgan fingerprint density at radius 2 is 1.57 bits per heavy atom. The summed E-state index contributed by atoms with van der Waals surface area (Å²) in [6.07, 6.45) is 11.0. The molecular weight excluding hydrogens is 464 g/mol. The van der Waals surface area contributed by atoms with Crippen LogP contribution in [0.1, 0.15) is 87.0 Å². The first-order valence-corrected chi connectivity index (χ1v) is 13.5. The molecule has 8 heteroatoms. The fourth-order valence-corrected chi connectivity index (χ4v) is 4.23. The third-order valence-corrected chi connectivity index (χ3v) is 6.46. The van der Waals surface area contributed by atoms with E-state index in [-0.39, 0.29) is 5.75 Å². The summed E-state index contributed by atoms with van der Waals surface area (Å²) in [5.74, 6) is -0.643. The van der Waals surface area contributed by atoms with Crippen LogP contribution in [0.3, 0.4) is 0 Å². The van der Waals surface area contributed by atoms with Crippen molar-refractivity contribution in [3.05, 3.63) is 34.9 Å². The van der Waals surface area contributed by atoms with E-state index in [1.165, 1.54) is 28.5 Å². The van der Waals surface area contributed by atoms with Gasteiger partial charge in [0.05, 0.1) is 0 Å². The van der Waals surface area contributed by atoms with Crippen LogP contribution < -0.4 is 10.6 Å². The molecule has 1 aliphatic rings. The summed E-state index contributed by atoms with van der Waals surface area (Å²) in [5, 5.41) is 14.7. The van der Waals surface area contributed by atoms with Crippen molar-refractivity contribution in [1.82, 2.24) is 10.6 Å². The number of hydrogen-bond acceptors (Lipinski definition) is 5. The van der Waals surface area contributed by atoms with Gasteiger partial charge in [0.1, 0.15) is 17.2 Å². The highest BCUT2D eigenvalue weighted by Crippen LogP contribution is 2.36. The molecule has 0 saturated heterocycles. The number of allylic oxidation sites excluding steroid dienone is 5. The molecule has 1 aliphatic carbocycles. The van der Waals surface area contributed by atoms with Crippen LogP contribution in [0.4, 0.5) is 4.79 Å². The lowest BCUT2D eigenvalue weighted by Crippen LogP contribution is -2.54. The number of rotatable bonds is 14. The number of hydrogen-bond donors (Lipinski definition) is 3. The van der Waals surface area contributed by atoms with Gasteiger partial charge in [0.15, 0.2) is 0 Å². The number of aliphatic carboxylic acids is 1. The average molecular weight is 509 g/mol. The lowest BCUT2D eigenvalue weighted by Gasteiger charge is -2.24. The highest BCUT2D eigenvalue weighted by atomic mass is 32.2. The molecule has 0 unspecified atom stereocenters. The summed E-state index contributed by atoms with van der Waals surface area (Å²) in [6, 6.07) is -1.02. The Labute approximate surface area is 215 Å². The minimum atomic E-state index is -1.09. The van der Waals surface area contributed by atoms with Crippen LogP contribution in [-0.2, 0) is 14.3 Å². The van der Waals surface area contributed by atoms with Crippen molar-refractivity contribution in [1.29, 1.82) is 0 Å². The predicted octanol–water partition coefficient (Wildman–Crippen LogP) is 5.77. The highest BCUT2D eigenvalue weighted by molar-refractivity contribution is 7.99. The van der Waals surface area contributed by atoms with Gasteiger partial charge in [-0.15, -0.1) is 0 Å². The molecular formula is C27H44N2O5S. The Morgan fingerprint density at radius 1 is 1.00 bits per heavy atom. The number of nitrogens with one attached hydrogen (secondary N) is 2. The third-order valence-electron chi connectivity index (χ3n) is 5.49. The van der Waals surface area contributed by atoms with Crippen LogP contribution >= 0.6 is 11.8 Å². The molecule has 1 atom stereocenters. The number of carbonyl (C=O) groups excluding carboxylic acids is 2. The van der Waals surface area contributed by atoms with Crippen LogP contribution in [0.15, 0.2) is 34.9 Å². The highest BCUT2D eigenvalue weighted by Gasteiger charge is 2.52. The Bertz CT molecular complexity index is 831. The van der Waals surface area contributed by atoms with E-state index in [0.717, 1.165) is 25.7 Å². The second kappa shape index (κ2) is 14.4. The Balaban J connectivity index is 2.43. The van der Waals surface area contributed by atoms with Gasteiger partial charge < -0.3 is 20.5 Å². The molecule has 0 aliphatic heterocycles. The molecule has 2 amide bonds. The fourth-order valence-electron chi connectivity index (χ4n) is 3.23. The van der Waals surface area contributed by atoms with Gasteiger partial charge in [-0.3, -0.25) is 4.79 Å². The summed E-state index contributed by atoms with van der Waals surface area (Å²) in [4.78, 5) is 36.4. The Kier molecular flexibility index (Phi) is 12.6. The normalized spacial score (nSPS) is 16.2. The van der Waals surface area contributed by atoms with Gasteiger partial charge in [0, 0.05) is 11.5 Å². The van der Waals surface area contributed by atoms with Crippen molar-refractivity contribution in [2.75, 3.05) is 11.5 Å². The molecule has 7 nitrogen and oxygen atoms in total. The number of alkyl carbamates (subject to hydrolysis) is 1. The van der Waals surface area contributed by atoms with Crippen molar-refractivity contribution < 1.29 is 24.2 Å². The smallest absolute Gasteiger partial charge is 0.408 e. The van der Waals surface area contributed by atoms with Crippen LogP contribution in [0.25, 0.3) is 0 Å². The van der Waals surface area contributed by atoms with Gasteiger partial charge >= 0.3 is 12.1 Å². The standard InChI is InChI=1S/C27H44N2O5S/c1-19(2)10-8-11-20(3)12-9-13-21(4)14-17-35-18-22(23(30)31)28-24(32)27(15-16-27)29-25(33)34-26(5,6)7/h10,12,14,22H,8-9,11,13,15-18H2,1-7H3,(H,28,32)(H,29,33)(H,30,31)/t22-/m0/s1. The van der Waals surface area contributed by atoms with E-state index in [4.69, 9.17) is 4.74 Å². The van der Waals surface area contributed by atoms with Crippen LogP contribution in [0.2, 0.25) is 0 Å². The average Bonchev–Trinajstić information content (AvgIpc) is 3.48. The molecule has 0 heterocycles. The second-order valence-corrected chi connectivity index (χ2v) is 11.6. The minimum absolute atomic E-state index is 0.247. The van der Waals surface area contributed by atoms with Gasteiger partial charge in [0.25, 0.3) is 0 Å². The zero-order valence-electron chi connectivity index (χ0n) is 22.5. The SMILES string of the molecule is CC(C)=CCCC(C)=CCCC(C)=CCSC[C@H](NC(=O)C1(NC(=O)OC(C)(C)C)CC1)C(=O)O. The topological polar surface area (TPSA) is 105 Å². The van der Waals surface area contributed by atoms with Crippen LogP contribution in [-0.4, -0.2) is 51.8 Å². The molecule has 0 aromatic rings. The van der Waals surface area contributed by atoms with E-state index < -0.39 is 35.2 Å². The maximum Gasteiger partial charge on any atom is 0.408 e. The van der Waals surface area contributed by atoms with Gasteiger partial charge in [-0.2, -0.15) is 11.8 Å². The first kappa shape index (κ1) is 30.8. The van der Waals surface area contributed by atoms with E-state index in [0.29, 0.717) is 18.6 Å². The third kappa shape index (κ3) is 13.4. The summed E-state index contributed by atoms with van der Waals surface area (Å²) in [5.41, 5.74) is 2.26. The quantitative estimate of drug-likeness (QED) is 0.203. The first-order valence-electron chi connectivity index (χ1n) is 12.3. The zero-order chi connectivity index (χ0) is 26.6. The molecule has 0 radical (unpaired) electrons. The van der Waals surface area contributed by atoms with E-state index in [1.54, 1.807) is 20.8 Å². The largest absolute Gasteiger partial charge is 0.480 e. The molecule has 198 valence electrons. The fraction of sp³-hybridized carbons (Fsp3) is 0.667. The summed E-state index contributed by atoms with van der Waals surface area (Å²) >= 11 is 1.46. The number of carbonyl (C=O) groups is 3. The molecule has 0 aromatic carbocycles. The summed E-state index contributed by atoms with van der Waals surface area (Å²) < 4.78 is 5.22. The van der Waals surface area contributed by atoms with Crippen molar-refractivity contribution in [2.45, 2.75) is 104 Å². The molecule has 0 spiro atoms. The molecule has 0 bridgehead atoms.